The maximum atomic E-state index is 5.75. The molecular weight excluding hydrogens is 429 g/mol. The lowest BCUT2D eigenvalue weighted by atomic mass is 10.2. The molecule has 2 rings (SSSR count). The van der Waals surface area contributed by atoms with Crippen molar-refractivity contribution in [3.05, 3.63) is 36.4 Å². The molecule has 0 saturated heterocycles. The number of benzene rings is 1. The molecule has 1 aliphatic heterocycles. The number of halogens is 1. The Kier molecular flexibility index (Phi) is 10.4. The molecule has 1 aromatic carbocycles. The second-order valence-electron chi connectivity index (χ2n) is 5.85. The van der Waals surface area contributed by atoms with E-state index in [2.05, 4.69) is 36.8 Å². The van der Waals surface area contributed by atoms with Gasteiger partial charge in [-0.2, -0.15) is 0 Å². The Bertz CT molecular complexity index is 564. The van der Waals surface area contributed by atoms with Crippen LogP contribution in [0, 0.1) is 0 Å². The zero-order valence-corrected chi connectivity index (χ0v) is 17.6. The smallest absolute Gasteiger partial charge is 0.193 e. The molecule has 0 bridgehead atoms. The summed E-state index contributed by atoms with van der Waals surface area (Å²) in [6, 6.07) is 6.07. The zero-order valence-electron chi connectivity index (χ0n) is 15.3. The maximum absolute atomic E-state index is 5.75. The molecule has 1 N–H and O–H groups in total. The van der Waals surface area contributed by atoms with Crippen LogP contribution in [0.4, 0.5) is 0 Å². The van der Waals surface area contributed by atoms with Crippen LogP contribution in [-0.2, 0) is 6.54 Å². The molecule has 1 heterocycles. The van der Waals surface area contributed by atoms with E-state index in [0.29, 0.717) is 19.8 Å². The van der Waals surface area contributed by atoms with E-state index in [1.54, 1.807) is 0 Å². The molecule has 5 nitrogen and oxygen atoms in total. The number of guanidine groups is 1. The first-order chi connectivity index (χ1) is 11.7. The minimum Gasteiger partial charge on any atom is -0.490 e. The molecule has 1 aromatic rings. The largest absolute Gasteiger partial charge is 0.490 e. The summed E-state index contributed by atoms with van der Waals surface area (Å²) in [5.41, 5.74) is 1.12. The Labute approximate surface area is 168 Å². The molecule has 0 fully saturated rings. The van der Waals surface area contributed by atoms with Gasteiger partial charge in [-0.25, -0.2) is 4.99 Å². The van der Waals surface area contributed by atoms with Gasteiger partial charge in [-0.05, 0) is 37.5 Å². The first kappa shape index (κ1) is 21.6. The molecule has 0 saturated carbocycles. The van der Waals surface area contributed by atoms with Crippen LogP contribution < -0.4 is 14.8 Å². The number of aliphatic imine (C=N–C) groups is 1. The van der Waals surface area contributed by atoms with Crippen molar-refractivity contribution in [2.45, 2.75) is 32.7 Å². The van der Waals surface area contributed by atoms with Crippen molar-refractivity contribution in [3.63, 3.8) is 0 Å². The highest BCUT2D eigenvalue weighted by atomic mass is 127. The van der Waals surface area contributed by atoms with Gasteiger partial charge in [0.15, 0.2) is 17.5 Å². The van der Waals surface area contributed by atoms with Crippen molar-refractivity contribution in [1.29, 1.82) is 0 Å². The van der Waals surface area contributed by atoms with Gasteiger partial charge in [0, 0.05) is 26.6 Å². The van der Waals surface area contributed by atoms with Gasteiger partial charge < -0.3 is 19.7 Å². The topological polar surface area (TPSA) is 46.1 Å². The molecule has 0 radical (unpaired) electrons. The number of rotatable bonds is 7. The summed E-state index contributed by atoms with van der Waals surface area (Å²) in [7, 11) is 2.07. The number of unbranched alkanes of at least 4 members (excludes halogenated alkanes) is 1. The van der Waals surface area contributed by atoms with Crippen LogP contribution in [0.3, 0.4) is 0 Å². The number of hydrogen-bond donors (Lipinski definition) is 1. The monoisotopic (exact) mass is 459 g/mol. The third-order valence-corrected chi connectivity index (χ3v) is 3.82. The summed E-state index contributed by atoms with van der Waals surface area (Å²) in [6.45, 7) is 9.70. The van der Waals surface area contributed by atoms with Gasteiger partial charge in [-0.1, -0.05) is 12.1 Å². The summed E-state index contributed by atoms with van der Waals surface area (Å²) >= 11 is 0. The lowest BCUT2D eigenvalue weighted by Crippen LogP contribution is -2.39. The van der Waals surface area contributed by atoms with Gasteiger partial charge in [-0.15, -0.1) is 30.6 Å². The van der Waals surface area contributed by atoms with E-state index >= 15 is 0 Å². The zero-order chi connectivity index (χ0) is 17.2. The summed E-state index contributed by atoms with van der Waals surface area (Å²) in [5.74, 6) is 2.58. The molecular formula is C19H30IN3O2. The van der Waals surface area contributed by atoms with Crippen molar-refractivity contribution in [1.82, 2.24) is 10.2 Å². The van der Waals surface area contributed by atoms with Gasteiger partial charge in [0.1, 0.15) is 0 Å². The fourth-order valence-corrected chi connectivity index (χ4v) is 2.52. The van der Waals surface area contributed by atoms with E-state index in [4.69, 9.17) is 14.5 Å². The Balaban J connectivity index is 0.00000312. The Morgan fingerprint density at radius 3 is 2.80 bits per heavy atom. The molecule has 0 amide bonds. The summed E-state index contributed by atoms with van der Waals surface area (Å²) < 4.78 is 11.4. The lowest BCUT2D eigenvalue weighted by Gasteiger charge is -2.21. The maximum Gasteiger partial charge on any atom is 0.193 e. The highest BCUT2D eigenvalue weighted by Crippen LogP contribution is 2.30. The van der Waals surface area contributed by atoms with E-state index in [9.17, 15) is 0 Å². The van der Waals surface area contributed by atoms with Crippen LogP contribution in [0.15, 0.2) is 35.8 Å². The Morgan fingerprint density at radius 1 is 1.32 bits per heavy atom. The minimum absolute atomic E-state index is 0. The van der Waals surface area contributed by atoms with Crippen LogP contribution in [0.25, 0.3) is 0 Å². The van der Waals surface area contributed by atoms with Gasteiger partial charge >= 0.3 is 0 Å². The molecule has 0 unspecified atom stereocenters. The number of nitrogens with zero attached hydrogens (tertiary/aromatic N) is 2. The molecule has 140 valence electrons. The van der Waals surface area contributed by atoms with Gasteiger partial charge in [0.05, 0.1) is 19.8 Å². The SMILES string of the molecule is C=CCCCN(C)C(=NCc1ccc2c(c1)OCCCO2)NCC.I. The fraction of sp³-hybridized carbons (Fsp3) is 0.526. The second kappa shape index (κ2) is 12.0. The van der Waals surface area contributed by atoms with Crippen molar-refractivity contribution < 1.29 is 9.47 Å². The standard InChI is InChI=1S/C19H29N3O2.HI/c1-4-6-7-11-22(3)19(20-5-2)21-15-16-9-10-17-18(14-16)24-13-8-12-23-17;/h4,9-10,14H,1,5-8,11-13,15H2,2-3H3,(H,20,21);1H. The predicted molar refractivity (Wildman–Crippen MR) is 114 cm³/mol. The van der Waals surface area contributed by atoms with Crippen LogP contribution in [0.1, 0.15) is 31.7 Å². The molecule has 0 aromatic heterocycles. The van der Waals surface area contributed by atoms with E-state index in [0.717, 1.165) is 55.4 Å². The summed E-state index contributed by atoms with van der Waals surface area (Å²) in [4.78, 5) is 6.91. The van der Waals surface area contributed by atoms with E-state index in [-0.39, 0.29) is 24.0 Å². The van der Waals surface area contributed by atoms with E-state index in [1.807, 2.05) is 18.2 Å². The van der Waals surface area contributed by atoms with Crippen molar-refractivity contribution >= 4 is 29.9 Å². The highest BCUT2D eigenvalue weighted by Gasteiger charge is 2.11. The molecule has 0 spiro atoms. The van der Waals surface area contributed by atoms with Crippen LogP contribution in [0.2, 0.25) is 0 Å². The average molecular weight is 459 g/mol. The van der Waals surface area contributed by atoms with Gasteiger partial charge in [0.2, 0.25) is 0 Å². The fourth-order valence-electron chi connectivity index (χ4n) is 2.52. The first-order valence-electron chi connectivity index (χ1n) is 8.73. The third kappa shape index (κ3) is 7.13. The van der Waals surface area contributed by atoms with Crippen LogP contribution in [-0.4, -0.2) is 44.2 Å². The first-order valence-corrected chi connectivity index (χ1v) is 8.73. The van der Waals surface area contributed by atoms with Crippen molar-refractivity contribution in [2.24, 2.45) is 4.99 Å². The molecule has 1 aliphatic rings. The van der Waals surface area contributed by atoms with Gasteiger partial charge in [0.25, 0.3) is 0 Å². The van der Waals surface area contributed by atoms with Gasteiger partial charge in [-0.3, -0.25) is 0 Å². The average Bonchev–Trinajstić information content (AvgIpc) is 2.83. The number of ether oxygens (including phenoxy) is 2. The van der Waals surface area contributed by atoms with Crippen LogP contribution in [0.5, 0.6) is 11.5 Å². The van der Waals surface area contributed by atoms with Crippen molar-refractivity contribution in [3.8, 4) is 11.5 Å². The summed E-state index contributed by atoms with van der Waals surface area (Å²) in [5, 5.41) is 3.35. The molecule has 25 heavy (non-hydrogen) atoms. The molecule has 6 heteroatoms. The highest BCUT2D eigenvalue weighted by molar-refractivity contribution is 14.0. The number of hydrogen-bond acceptors (Lipinski definition) is 3. The molecule has 0 aliphatic carbocycles. The van der Waals surface area contributed by atoms with E-state index < -0.39 is 0 Å². The van der Waals surface area contributed by atoms with Crippen molar-refractivity contribution in [2.75, 3.05) is 33.4 Å². The quantitative estimate of drug-likeness (QED) is 0.221. The third-order valence-electron chi connectivity index (χ3n) is 3.82. The lowest BCUT2D eigenvalue weighted by molar-refractivity contribution is 0.297. The summed E-state index contributed by atoms with van der Waals surface area (Å²) in [6.07, 6.45) is 4.97. The predicted octanol–water partition coefficient (Wildman–Crippen LogP) is 3.83. The number of nitrogens with one attached hydrogen (secondary N) is 1. The Morgan fingerprint density at radius 2 is 2.08 bits per heavy atom. The second-order valence-corrected chi connectivity index (χ2v) is 5.85. The number of allylic oxidation sites excluding steroid dienone is 1. The number of fused-ring (bicyclic) bond motifs is 1. The van der Waals surface area contributed by atoms with E-state index in [1.165, 1.54) is 0 Å². The van der Waals surface area contributed by atoms with Crippen LogP contribution >= 0.6 is 24.0 Å². The molecule has 0 atom stereocenters. The normalized spacial score (nSPS) is 13.4. The minimum atomic E-state index is 0. The Hall–Kier alpha value is -1.44.